The van der Waals surface area contributed by atoms with Gasteiger partial charge in [-0.3, -0.25) is 0 Å². The summed E-state index contributed by atoms with van der Waals surface area (Å²) in [4.78, 5) is 14.2. The number of likely N-dealkylation sites (tertiary alicyclic amines) is 1. The molecule has 1 unspecified atom stereocenters. The van der Waals surface area contributed by atoms with E-state index < -0.39 is 0 Å². The lowest BCUT2D eigenvalue weighted by atomic mass is 9.72. The van der Waals surface area contributed by atoms with E-state index in [9.17, 15) is 4.79 Å². The van der Waals surface area contributed by atoms with Crippen LogP contribution in [0.15, 0.2) is 4.42 Å². The van der Waals surface area contributed by atoms with Crippen molar-refractivity contribution in [3.63, 3.8) is 0 Å². The van der Waals surface area contributed by atoms with E-state index in [0.717, 1.165) is 32.6 Å². The van der Waals surface area contributed by atoms with E-state index in [4.69, 9.17) is 9.15 Å². The minimum absolute atomic E-state index is 0.00975. The second-order valence-electron chi connectivity index (χ2n) is 6.88. The number of ether oxygens (including phenoxy) is 1. The van der Waals surface area contributed by atoms with Gasteiger partial charge < -0.3 is 19.4 Å². The molecule has 1 spiro atoms. The summed E-state index contributed by atoms with van der Waals surface area (Å²) in [5.41, 5.74) is -0.00981. The Morgan fingerprint density at radius 2 is 2.13 bits per heavy atom. The van der Waals surface area contributed by atoms with Gasteiger partial charge in [0.2, 0.25) is 11.8 Å². The summed E-state index contributed by atoms with van der Waals surface area (Å²) in [5.74, 6) is 1.64. The number of carbonyl (C=O) groups excluding carboxylic acids is 1. The van der Waals surface area contributed by atoms with Crippen molar-refractivity contribution in [2.45, 2.75) is 45.4 Å². The molecule has 23 heavy (non-hydrogen) atoms. The van der Waals surface area contributed by atoms with E-state index in [1.54, 1.807) is 0 Å². The van der Waals surface area contributed by atoms with Gasteiger partial charge in [0.05, 0.1) is 5.92 Å². The Labute approximate surface area is 136 Å². The summed E-state index contributed by atoms with van der Waals surface area (Å²) in [6, 6.07) is -0.00975. The van der Waals surface area contributed by atoms with Crippen LogP contribution in [0.3, 0.4) is 0 Å². The molecule has 1 atom stereocenters. The van der Waals surface area contributed by atoms with E-state index in [-0.39, 0.29) is 23.3 Å². The Bertz CT molecular complexity index is 551. The van der Waals surface area contributed by atoms with Gasteiger partial charge in [0, 0.05) is 44.2 Å². The van der Waals surface area contributed by atoms with Crippen molar-refractivity contribution in [1.29, 1.82) is 0 Å². The first kappa shape index (κ1) is 16.2. The smallest absolute Gasteiger partial charge is 0.317 e. The number of carbonyl (C=O) groups is 1. The third-order valence-corrected chi connectivity index (χ3v) is 5.00. The number of aromatic nitrogens is 2. The van der Waals surface area contributed by atoms with Crippen molar-refractivity contribution < 1.29 is 13.9 Å². The number of hydrogen-bond donors (Lipinski definition) is 1. The molecule has 1 N–H and O–H groups in total. The topological polar surface area (TPSA) is 80.5 Å². The van der Waals surface area contributed by atoms with Crippen LogP contribution < -0.4 is 5.32 Å². The van der Waals surface area contributed by atoms with Crippen LogP contribution >= 0.6 is 0 Å². The average molecular weight is 322 g/mol. The second kappa shape index (κ2) is 6.47. The third kappa shape index (κ3) is 3.06. The molecule has 1 aromatic heterocycles. The highest BCUT2D eigenvalue weighted by atomic mass is 16.5. The maximum atomic E-state index is 12.3. The van der Waals surface area contributed by atoms with Crippen LogP contribution in [-0.4, -0.2) is 54.0 Å². The van der Waals surface area contributed by atoms with E-state index in [1.807, 2.05) is 25.7 Å². The molecule has 7 nitrogen and oxygen atoms in total. The van der Waals surface area contributed by atoms with Gasteiger partial charge in [-0.15, -0.1) is 10.2 Å². The van der Waals surface area contributed by atoms with Gasteiger partial charge in [-0.2, -0.15) is 0 Å². The zero-order chi connectivity index (χ0) is 16.4. The molecular formula is C16H26N4O3. The van der Waals surface area contributed by atoms with E-state index in [2.05, 4.69) is 15.5 Å². The molecule has 7 heteroatoms. The lowest BCUT2D eigenvalue weighted by Gasteiger charge is -2.36. The molecule has 0 saturated carbocycles. The molecule has 2 saturated heterocycles. The van der Waals surface area contributed by atoms with Gasteiger partial charge in [-0.1, -0.05) is 13.8 Å². The lowest BCUT2D eigenvalue weighted by molar-refractivity contribution is 0.00998. The monoisotopic (exact) mass is 322 g/mol. The number of hydrogen-bond acceptors (Lipinski definition) is 5. The number of nitrogens with one attached hydrogen (secondary N) is 1. The predicted molar refractivity (Wildman–Crippen MR) is 84.3 cm³/mol. The maximum Gasteiger partial charge on any atom is 0.317 e. The number of amides is 2. The highest BCUT2D eigenvalue weighted by molar-refractivity contribution is 5.74. The van der Waals surface area contributed by atoms with Crippen LogP contribution in [0.1, 0.15) is 57.2 Å². The molecular weight excluding hydrogens is 296 g/mol. The zero-order valence-corrected chi connectivity index (χ0v) is 14.2. The molecule has 2 amide bonds. The first-order valence-corrected chi connectivity index (χ1v) is 8.49. The van der Waals surface area contributed by atoms with Crippen LogP contribution in [-0.2, 0) is 4.74 Å². The molecule has 3 heterocycles. The first-order chi connectivity index (χ1) is 11.1. The summed E-state index contributed by atoms with van der Waals surface area (Å²) in [6.07, 6.45) is 1.85. The minimum Gasteiger partial charge on any atom is -0.425 e. The van der Waals surface area contributed by atoms with Crippen molar-refractivity contribution >= 4 is 6.03 Å². The fourth-order valence-corrected chi connectivity index (χ4v) is 3.63. The van der Waals surface area contributed by atoms with Gasteiger partial charge >= 0.3 is 6.03 Å². The molecule has 3 rings (SSSR count). The maximum absolute atomic E-state index is 12.3. The zero-order valence-electron chi connectivity index (χ0n) is 14.2. The Hall–Kier alpha value is -1.63. The Balaban J connectivity index is 1.86. The molecule has 2 aliphatic rings. The summed E-state index contributed by atoms with van der Waals surface area (Å²) < 4.78 is 11.5. The SMILES string of the molecule is CCNC(=O)N1CC(c2nnc(C(C)C)o2)C2(CCOCC2)C1. The van der Waals surface area contributed by atoms with Crippen LogP contribution in [0.5, 0.6) is 0 Å². The fourth-order valence-electron chi connectivity index (χ4n) is 3.63. The van der Waals surface area contributed by atoms with E-state index >= 15 is 0 Å². The summed E-state index contributed by atoms with van der Waals surface area (Å²) >= 11 is 0. The Morgan fingerprint density at radius 3 is 2.74 bits per heavy atom. The normalized spacial score (nSPS) is 23.7. The van der Waals surface area contributed by atoms with Gasteiger partial charge in [0.25, 0.3) is 0 Å². The lowest BCUT2D eigenvalue weighted by Crippen LogP contribution is -2.41. The Morgan fingerprint density at radius 1 is 1.39 bits per heavy atom. The van der Waals surface area contributed by atoms with Crippen molar-refractivity contribution in [2.75, 3.05) is 32.8 Å². The molecule has 0 bridgehead atoms. The Kier molecular flexibility index (Phi) is 4.57. The van der Waals surface area contributed by atoms with Gasteiger partial charge in [-0.05, 0) is 19.8 Å². The number of rotatable bonds is 3. The molecule has 0 radical (unpaired) electrons. The van der Waals surface area contributed by atoms with Crippen molar-refractivity contribution in [3.05, 3.63) is 11.8 Å². The summed E-state index contributed by atoms with van der Waals surface area (Å²) in [7, 11) is 0. The highest BCUT2D eigenvalue weighted by Crippen LogP contribution is 2.49. The summed E-state index contributed by atoms with van der Waals surface area (Å²) in [5, 5.41) is 11.4. The number of urea groups is 1. The molecule has 0 aliphatic carbocycles. The quantitative estimate of drug-likeness (QED) is 0.922. The molecule has 0 aromatic carbocycles. The minimum atomic E-state index is -0.00981. The standard InChI is InChI=1S/C16H26N4O3/c1-4-17-15(21)20-9-12(14-19-18-13(23-14)11(2)3)16(10-20)5-7-22-8-6-16/h11-12H,4-10H2,1-3H3,(H,17,21). The molecule has 128 valence electrons. The molecule has 2 aliphatic heterocycles. The fraction of sp³-hybridized carbons (Fsp3) is 0.812. The summed E-state index contributed by atoms with van der Waals surface area (Å²) in [6.45, 7) is 9.46. The van der Waals surface area contributed by atoms with Gasteiger partial charge in [0.15, 0.2) is 0 Å². The van der Waals surface area contributed by atoms with Crippen LogP contribution in [0, 0.1) is 5.41 Å². The van der Waals surface area contributed by atoms with Crippen LogP contribution in [0.4, 0.5) is 4.79 Å². The van der Waals surface area contributed by atoms with Crippen LogP contribution in [0.25, 0.3) is 0 Å². The predicted octanol–water partition coefficient (Wildman–Crippen LogP) is 2.12. The highest BCUT2D eigenvalue weighted by Gasteiger charge is 2.51. The number of nitrogens with zero attached hydrogens (tertiary/aromatic N) is 3. The first-order valence-electron chi connectivity index (χ1n) is 8.49. The van der Waals surface area contributed by atoms with Gasteiger partial charge in [-0.25, -0.2) is 4.79 Å². The van der Waals surface area contributed by atoms with Crippen molar-refractivity contribution in [3.8, 4) is 0 Å². The van der Waals surface area contributed by atoms with E-state index in [1.165, 1.54) is 0 Å². The van der Waals surface area contributed by atoms with Crippen LogP contribution in [0.2, 0.25) is 0 Å². The van der Waals surface area contributed by atoms with Crippen molar-refractivity contribution in [1.82, 2.24) is 20.4 Å². The van der Waals surface area contributed by atoms with Crippen molar-refractivity contribution in [2.24, 2.45) is 5.41 Å². The average Bonchev–Trinajstić information content (AvgIpc) is 3.14. The van der Waals surface area contributed by atoms with Gasteiger partial charge in [0.1, 0.15) is 0 Å². The third-order valence-electron chi connectivity index (χ3n) is 5.00. The second-order valence-corrected chi connectivity index (χ2v) is 6.88. The molecule has 2 fully saturated rings. The largest absolute Gasteiger partial charge is 0.425 e. The molecule has 1 aromatic rings. The van der Waals surface area contributed by atoms with E-state index in [0.29, 0.717) is 24.9 Å².